The Morgan fingerprint density at radius 3 is 2.36 bits per heavy atom. The van der Waals surface area contributed by atoms with Crippen LogP contribution in [0.3, 0.4) is 0 Å². The second kappa shape index (κ2) is 4.42. The number of aliphatic hydroxyl groups excluding tert-OH is 1. The van der Waals surface area contributed by atoms with Gasteiger partial charge in [0.1, 0.15) is 0 Å². The Morgan fingerprint density at radius 2 is 1.82 bits per heavy atom. The summed E-state index contributed by atoms with van der Waals surface area (Å²) in [5.41, 5.74) is 2.41. The molecule has 1 aromatic carbocycles. The number of rotatable bonds is 3. The summed E-state index contributed by atoms with van der Waals surface area (Å²) in [7, 11) is 0. The van der Waals surface area contributed by atoms with Gasteiger partial charge in [0.05, 0.1) is 0 Å². The molecule has 60 valence electrons. The molecule has 0 radical (unpaired) electrons. The van der Waals surface area contributed by atoms with Gasteiger partial charge in [-0.2, -0.15) is 12.6 Å². The van der Waals surface area contributed by atoms with Crippen molar-refractivity contribution in [3.05, 3.63) is 35.4 Å². The van der Waals surface area contributed by atoms with E-state index in [4.69, 9.17) is 5.11 Å². The van der Waals surface area contributed by atoms with Crippen LogP contribution in [0.25, 0.3) is 0 Å². The zero-order valence-corrected chi connectivity index (χ0v) is 7.22. The molecule has 0 saturated heterocycles. The predicted molar refractivity (Wildman–Crippen MR) is 49.9 cm³/mol. The summed E-state index contributed by atoms with van der Waals surface area (Å²) in [5.74, 6) is 0.746. The molecule has 0 unspecified atom stereocenters. The second-order valence-corrected chi connectivity index (χ2v) is 2.72. The Morgan fingerprint density at radius 1 is 1.18 bits per heavy atom. The van der Waals surface area contributed by atoms with Crippen molar-refractivity contribution in [2.45, 2.75) is 12.2 Å². The first-order valence-electron chi connectivity index (χ1n) is 3.67. The number of hydrogen-bond donors (Lipinski definition) is 2. The lowest BCUT2D eigenvalue weighted by molar-refractivity contribution is 0.299. The van der Waals surface area contributed by atoms with Crippen molar-refractivity contribution in [2.75, 3.05) is 6.61 Å². The van der Waals surface area contributed by atoms with Crippen LogP contribution in [0.4, 0.5) is 0 Å². The molecular weight excluding hydrogens is 156 g/mol. The summed E-state index contributed by atoms with van der Waals surface area (Å²) in [4.78, 5) is 0. The van der Waals surface area contributed by atoms with E-state index in [1.807, 2.05) is 24.3 Å². The van der Waals surface area contributed by atoms with Gasteiger partial charge in [0, 0.05) is 12.4 Å². The molecule has 0 aliphatic rings. The van der Waals surface area contributed by atoms with Crippen LogP contribution in [0, 0.1) is 0 Å². The topological polar surface area (TPSA) is 20.2 Å². The third-order valence-corrected chi connectivity index (χ3v) is 2.01. The van der Waals surface area contributed by atoms with E-state index >= 15 is 0 Å². The Kier molecular flexibility index (Phi) is 3.46. The molecule has 0 aliphatic heterocycles. The van der Waals surface area contributed by atoms with Crippen LogP contribution in [0.5, 0.6) is 0 Å². The molecule has 0 heterocycles. The third-order valence-electron chi connectivity index (χ3n) is 1.67. The van der Waals surface area contributed by atoms with Crippen molar-refractivity contribution in [3.63, 3.8) is 0 Å². The molecular formula is C9H12OS. The second-order valence-electron chi connectivity index (χ2n) is 2.40. The van der Waals surface area contributed by atoms with Gasteiger partial charge in [-0.05, 0) is 17.5 Å². The number of benzene rings is 1. The van der Waals surface area contributed by atoms with E-state index in [2.05, 4.69) is 12.6 Å². The standard InChI is InChI=1S/C9H12OS/c10-6-5-8-3-1-2-4-9(8)7-11/h1-4,10-11H,5-7H2. The van der Waals surface area contributed by atoms with E-state index in [0.717, 1.165) is 12.2 Å². The summed E-state index contributed by atoms with van der Waals surface area (Å²) in [6.45, 7) is 0.213. The Balaban J connectivity index is 2.83. The summed E-state index contributed by atoms with van der Waals surface area (Å²) in [5, 5.41) is 8.71. The van der Waals surface area contributed by atoms with Crippen LogP contribution >= 0.6 is 12.6 Å². The van der Waals surface area contributed by atoms with Gasteiger partial charge in [-0.25, -0.2) is 0 Å². The van der Waals surface area contributed by atoms with Gasteiger partial charge in [0.2, 0.25) is 0 Å². The van der Waals surface area contributed by atoms with Crippen molar-refractivity contribution >= 4 is 12.6 Å². The molecule has 0 atom stereocenters. The van der Waals surface area contributed by atoms with Gasteiger partial charge < -0.3 is 5.11 Å². The van der Waals surface area contributed by atoms with Gasteiger partial charge in [-0.1, -0.05) is 24.3 Å². The lowest BCUT2D eigenvalue weighted by Gasteiger charge is -2.03. The van der Waals surface area contributed by atoms with Crippen LogP contribution in [0.15, 0.2) is 24.3 Å². The molecule has 11 heavy (non-hydrogen) atoms. The maximum Gasteiger partial charge on any atom is 0.0471 e. The minimum absolute atomic E-state index is 0.213. The fraction of sp³-hybridized carbons (Fsp3) is 0.333. The first kappa shape index (κ1) is 8.62. The van der Waals surface area contributed by atoms with Crippen LogP contribution in [0.1, 0.15) is 11.1 Å². The predicted octanol–water partition coefficient (Wildman–Crippen LogP) is 1.65. The first-order chi connectivity index (χ1) is 5.38. The van der Waals surface area contributed by atoms with E-state index in [0.29, 0.717) is 0 Å². The number of aliphatic hydroxyl groups is 1. The zero-order chi connectivity index (χ0) is 8.10. The fourth-order valence-electron chi connectivity index (χ4n) is 1.08. The van der Waals surface area contributed by atoms with Gasteiger partial charge in [-0.15, -0.1) is 0 Å². The lowest BCUT2D eigenvalue weighted by Crippen LogP contribution is -1.94. The van der Waals surface area contributed by atoms with Crippen LogP contribution in [-0.4, -0.2) is 11.7 Å². The molecule has 0 fully saturated rings. The Labute approximate surface area is 72.5 Å². The maximum atomic E-state index is 8.71. The van der Waals surface area contributed by atoms with Gasteiger partial charge in [-0.3, -0.25) is 0 Å². The maximum absolute atomic E-state index is 8.71. The minimum atomic E-state index is 0.213. The molecule has 2 heteroatoms. The van der Waals surface area contributed by atoms with Gasteiger partial charge in [0.25, 0.3) is 0 Å². The quantitative estimate of drug-likeness (QED) is 0.658. The zero-order valence-electron chi connectivity index (χ0n) is 6.33. The van der Waals surface area contributed by atoms with Crippen LogP contribution < -0.4 is 0 Å². The molecule has 1 nitrogen and oxygen atoms in total. The van der Waals surface area contributed by atoms with E-state index in [9.17, 15) is 0 Å². The van der Waals surface area contributed by atoms with Crippen molar-refractivity contribution in [1.82, 2.24) is 0 Å². The normalized spacial score (nSPS) is 10.0. The van der Waals surface area contributed by atoms with E-state index in [1.54, 1.807) is 0 Å². The third kappa shape index (κ3) is 2.24. The molecule has 1 rings (SSSR count). The minimum Gasteiger partial charge on any atom is -0.396 e. The molecule has 1 N–H and O–H groups in total. The highest BCUT2D eigenvalue weighted by molar-refractivity contribution is 7.79. The Hall–Kier alpha value is -0.470. The van der Waals surface area contributed by atoms with Crippen molar-refractivity contribution in [2.24, 2.45) is 0 Å². The highest BCUT2D eigenvalue weighted by Crippen LogP contribution is 2.10. The molecule has 0 aliphatic carbocycles. The molecule has 0 spiro atoms. The van der Waals surface area contributed by atoms with Crippen molar-refractivity contribution in [3.8, 4) is 0 Å². The smallest absolute Gasteiger partial charge is 0.0471 e. The molecule has 0 saturated carbocycles. The van der Waals surface area contributed by atoms with E-state index < -0.39 is 0 Å². The summed E-state index contributed by atoms with van der Waals surface area (Å²) >= 11 is 4.19. The highest BCUT2D eigenvalue weighted by Gasteiger charge is 1.97. The fourth-order valence-corrected chi connectivity index (χ4v) is 1.38. The van der Waals surface area contributed by atoms with Crippen molar-refractivity contribution < 1.29 is 5.11 Å². The SMILES string of the molecule is OCCc1ccccc1CS. The first-order valence-corrected chi connectivity index (χ1v) is 4.30. The van der Waals surface area contributed by atoms with Crippen molar-refractivity contribution in [1.29, 1.82) is 0 Å². The largest absolute Gasteiger partial charge is 0.396 e. The van der Waals surface area contributed by atoms with Gasteiger partial charge in [0.15, 0.2) is 0 Å². The Bertz CT molecular complexity index is 223. The van der Waals surface area contributed by atoms with Crippen LogP contribution in [0.2, 0.25) is 0 Å². The summed E-state index contributed by atoms with van der Waals surface area (Å²) in [6.07, 6.45) is 0.733. The summed E-state index contributed by atoms with van der Waals surface area (Å²) in [6, 6.07) is 8.05. The highest BCUT2D eigenvalue weighted by atomic mass is 32.1. The average molecular weight is 168 g/mol. The molecule has 0 aromatic heterocycles. The number of hydrogen-bond acceptors (Lipinski definition) is 2. The molecule has 1 aromatic rings. The number of thiol groups is 1. The molecule has 0 bridgehead atoms. The summed E-state index contributed by atoms with van der Waals surface area (Å²) < 4.78 is 0. The average Bonchev–Trinajstić information content (AvgIpc) is 2.06. The molecule has 0 amide bonds. The van der Waals surface area contributed by atoms with E-state index in [1.165, 1.54) is 11.1 Å². The lowest BCUT2D eigenvalue weighted by atomic mass is 10.1. The van der Waals surface area contributed by atoms with E-state index in [-0.39, 0.29) is 6.61 Å². The monoisotopic (exact) mass is 168 g/mol. The van der Waals surface area contributed by atoms with Crippen LogP contribution in [-0.2, 0) is 12.2 Å². The van der Waals surface area contributed by atoms with Gasteiger partial charge >= 0.3 is 0 Å².